The lowest BCUT2D eigenvalue weighted by Crippen LogP contribution is -2.06. The van der Waals surface area contributed by atoms with Crippen molar-refractivity contribution in [3.8, 4) is 0 Å². The summed E-state index contributed by atoms with van der Waals surface area (Å²) in [5.74, 6) is -0.477. The Morgan fingerprint density at radius 3 is 2.25 bits per heavy atom. The summed E-state index contributed by atoms with van der Waals surface area (Å²) in [6.45, 7) is 2.10. The Morgan fingerprint density at radius 2 is 1.65 bits per heavy atom. The highest BCUT2D eigenvalue weighted by Crippen LogP contribution is 2.17. The van der Waals surface area contributed by atoms with Gasteiger partial charge in [-0.2, -0.15) is 0 Å². The number of para-hydroxylation sites is 1. The lowest BCUT2D eigenvalue weighted by Gasteiger charge is -2.10. The number of rotatable bonds is 5. The van der Waals surface area contributed by atoms with Gasteiger partial charge in [-0.3, -0.25) is 0 Å². The van der Waals surface area contributed by atoms with E-state index in [1.54, 1.807) is 6.92 Å². The third-order valence-electron chi connectivity index (χ3n) is 2.61. The van der Waals surface area contributed by atoms with Gasteiger partial charge in [0.05, 0.1) is 12.3 Å². The first-order valence-electron chi connectivity index (χ1n) is 6.48. The van der Waals surface area contributed by atoms with E-state index in [4.69, 9.17) is 4.74 Å². The van der Waals surface area contributed by atoms with Gasteiger partial charge >= 0.3 is 5.97 Å². The maximum atomic E-state index is 11.6. The highest BCUT2D eigenvalue weighted by Gasteiger charge is 2.06. The van der Waals surface area contributed by atoms with E-state index < -0.39 is 5.97 Å². The number of nitrogens with one attached hydrogen (secondary N) is 1. The van der Waals surface area contributed by atoms with E-state index in [-0.39, 0.29) is 0 Å². The summed E-state index contributed by atoms with van der Waals surface area (Å²) >= 11 is 0. The number of hydrogen-bond acceptors (Lipinski definition) is 3. The molecular weight excluding hydrogens is 250 g/mol. The van der Waals surface area contributed by atoms with Gasteiger partial charge < -0.3 is 10.1 Å². The molecule has 0 aliphatic rings. The number of benzene rings is 2. The molecule has 0 unspecified atom stereocenters. The van der Waals surface area contributed by atoms with Gasteiger partial charge in [0.2, 0.25) is 0 Å². The van der Waals surface area contributed by atoms with Crippen LogP contribution < -0.4 is 5.32 Å². The lowest BCUT2D eigenvalue weighted by molar-refractivity contribution is -0.137. The highest BCUT2D eigenvalue weighted by atomic mass is 16.5. The second-order valence-electron chi connectivity index (χ2n) is 4.08. The van der Waals surface area contributed by atoms with E-state index in [0.717, 1.165) is 11.3 Å². The molecule has 2 aromatic rings. The highest BCUT2D eigenvalue weighted by molar-refractivity contribution is 5.90. The number of esters is 1. The average molecular weight is 266 g/mol. The van der Waals surface area contributed by atoms with E-state index in [1.165, 1.54) is 0 Å². The maximum absolute atomic E-state index is 11.6. The zero-order valence-corrected chi connectivity index (χ0v) is 11.3. The van der Waals surface area contributed by atoms with Crippen LogP contribution in [-0.2, 0) is 9.53 Å². The molecule has 0 amide bonds. The maximum Gasteiger partial charge on any atom is 0.341 e. The molecule has 101 valence electrons. The van der Waals surface area contributed by atoms with E-state index in [1.807, 2.05) is 60.7 Å². The molecular formula is C17H16NO2. The molecule has 0 heterocycles. The Balaban J connectivity index is 2.27. The second-order valence-corrected chi connectivity index (χ2v) is 4.08. The minimum Gasteiger partial charge on any atom is -0.462 e. The van der Waals surface area contributed by atoms with Gasteiger partial charge in [0.15, 0.2) is 0 Å². The van der Waals surface area contributed by atoms with Gasteiger partial charge in [-0.25, -0.2) is 4.79 Å². The monoisotopic (exact) mass is 266 g/mol. The lowest BCUT2D eigenvalue weighted by atomic mass is 10.1. The van der Waals surface area contributed by atoms with Crippen molar-refractivity contribution in [2.45, 2.75) is 6.92 Å². The van der Waals surface area contributed by atoms with Crippen LogP contribution in [0.1, 0.15) is 12.5 Å². The summed E-state index contributed by atoms with van der Waals surface area (Å²) in [5.41, 5.74) is 2.36. The van der Waals surface area contributed by atoms with Crippen molar-refractivity contribution < 1.29 is 9.53 Å². The van der Waals surface area contributed by atoms with Crippen LogP contribution in [0.3, 0.4) is 0 Å². The summed E-state index contributed by atoms with van der Waals surface area (Å²) in [6, 6.07) is 19.2. The average Bonchev–Trinajstić information content (AvgIpc) is 2.49. The van der Waals surface area contributed by atoms with E-state index >= 15 is 0 Å². The summed E-state index contributed by atoms with van der Waals surface area (Å²) < 4.78 is 4.92. The fourth-order valence-corrected chi connectivity index (χ4v) is 1.72. The van der Waals surface area contributed by atoms with Crippen molar-refractivity contribution in [3.05, 3.63) is 72.3 Å². The van der Waals surface area contributed by atoms with Gasteiger partial charge in [0.25, 0.3) is 0 Å². The summed E-state index contributed by atoms with van der Waals surface area (Å²) in [7, 11) is 0. The van der Waals surface area contributed by atoms with Gasteiger partial charge in [-0.05, 0) is 24.6 Å². The van der Waals surface area contributed by atoms with Crippen LogP contribution in [0.5, 0.6) is 0 Å². The molecule has 3 heteroatoms. The number of carbonyl (C=O) groups is 1. The first kappa shape index (κ1) is 13.9. The van der Waals surface area contributed by atoms with Crippen molar-refractivity contribution in [1.82, 2.24) is 0 Å². The Bertz CT molecular complexity index is 576. The number of carbonyl (C=O) groups excluding carboxylic acids is 1. The molecule has 0 spiro atoms. The number of hydrogen-bond donors (Lipinski definition) is 1. The quantitative estimate of drug-likeness (QED) is 0.665. The van der Waals surface area contributed by atoms with Crippen molar-refractivity contribution in [2.24, 2.45) is 0 Å². The molecule has 2 aromatic carbocycles. The van der Waals surface area contributed by atoms with Crippen LogP contribution in [0.25, 0.3) is 5.70 Å². The fourth-order valence-electron chi connectivity index (χ4n) is 1.72. The minimum atomic E-state index is -0.477. The van der Waals surface area contributed by atoms with Crippen molar-refractivity contribution in [1.29, 1.82) is 0 Å². The largest absolute Gasteiger partial charge is 0.462 e. The zero-order valence-electron chi connectivity index (χ0n) is 11.3. The van der Waals surface area contributed by atoms with Crippen LogP contribution in [0, 0.1) is 6.08 Å². The van der Waals surface area contributed by atoms with Crippen LogP contribution in [0.2, 0.25) is 0 Å². The molecule has 1 radical (unpaired) electrons. The third kappa shape index (κ3) is 3.99. The second kappa shape index (κ2) is 7.14. The smallest absolute Gasteiger partial charge is 0.341 e. The summed E-state index contributed by atoms with van der Waals surface area (Å²) in [4.78, 5) is 11.6. The number of anilines is 1. The Kier molecular flexibility index (Phi) is 4.95. The number of ether oxygens (including phenoxy) is 1. The van der Waals surface area contributed by atoms with Crippen molar-refractivity contribution in [3.63, 3.8) is 0 Å². The molecule has 0 fully saturated rings. The van der Waals surface area contributed by atoms with Crippen LogP contribution in [0.15, 0.2) is 60.7 Å². The summed E-state index contributed by atoms with van der Waals surface area (Å²) in [6.07, 6.45) is 2.73. The molecule has 0 aromatic heterocycles. The molecule has 0 bridgehead atoms. The standard InChI is InChI=1S/C17H16NO2/c1-2-20-17(19)13-16(14-9-5-3-6-10-14)18-15-11-7-4-8-12-15/h3-12,18H,2H2,1H3. The Labute approximate surface area is 118 Å². The molecule has 0 saturated carbocycles. The molecule has 2 rings (SSSR count). The van der Waals surface area contributed by atoms with Gasteiger partial charge in [-0.15, -0.1) is 0 Å². The van der Waals surface area contributed by atoms with Gasteiger partial charge in [-0.1, -0.05) is 48.5 Å². The Morgan fingerprint density at radius 1 is 1.05 bits per heavy atom. The topological polar surface area (TPSA) is 38.3 Å². The molecule has 0 saturated heterocycles. The van der Waals surface area contributed by atoms with Crippen LogP contribution in [0.4, 0.5) is 5.69 Å². The fraction of sp³-hybridized carbons (Fsp3) is 0.118. The molecule has 0 atom stereocenters. The van der Waals surface area contributed by atoms with Crippen molar-refractivity contribution in [2.75, 3.05) is 11.9 Å². The van der Waals surface area contributed by atoms with Crippen molar-refractivity contribution >= 4 is 17.4 Å². The predicted octanol–water partition coefficient (Wildman–Crippen LogP) is 3.51. The first-order valence-corrected chi connectivity index (χ1v) is 6.48. The van der Waals surface area contributed by atoms with E-state index in [0.29, 0.717) is 12.3 Å². The van der Waals surface area contributed by atoms with E-state index in [2.05, 4.69) is 11.4 Å². The molecule has 1 N–H and O–H groups in total. The SMILES string of the molecule is CCOC(=O)[C]=C(Nc1ccccc1)c1ccccc1. The predicted molar refractivity (Wildman–Crippen MR) is 79.8 cm³/mol. The molecule has 0 aliphatic heterocycles. The zero-order chi connectivity index (χ0) is 14.2. The summed E-state index contributed by atoms with van der Waals surface area (Å²) in [5, 5.41) is 3.19. The first-order chi connectivity index (χ1) is 9.79. The van der Waals surface area contributed by atoms with Crippen LogP contribution in [-0.4, -0.2) is 12.6 Å². The minimum absolute atomic E-state index is 0.333. The molecule has 20 heavy (non-hydrogen) atoms. The van der Waals surface area contributed by atoms with Gasteiger partial charge in [0, 0.05) is 5.69 Å². The van der Waals surface area contributed by atoms with E-state index in [9.17, 15) is 4.79 Å². The van der Waals surface area contributed by atoms with Gasteiger partial charge in [0.1, 0.15) is 6.08 Å². The molecule has 0 aliphatic carbocycles. The Hall–Kier alpha value is -2.55. The van der Waals surface area contributed by atoms with Crippen LogP contribution >= 0.6 is 0 Å². The normalized spacial score (nSPS) is 10.9. The third-order valence-corrected chi connectivity index (χ3v) is 2.61. The molecule has 3 nitrogen and oxygen atoms in total.